The number of hydrogen-bond donors (Lipinski definition) is 1. The van der Waals surface area contributed by atoms with Gasteiger partial charge >= 0.3 is 6.18 Å². The van der Waals surface area contributed by atoms with Crippen molar-refractivity contribution in [1.29, 1.82) is 0 Å². The van der Waals surface area contributed by atoms with Crippen LogP contribution in [0.25, 0.3) is 0 Å². The molecule has 1 aromatic heterocycles. The van der Waals surface area contributed by atoms with Crippen LogP contribution in [0.4, 0.5) is 18.9 Å². The standard InChI is InChI=1S/C15H14BrF3N2/c1-9-7-13(8-20-14(9)16)21-10(2)11-3-5-12(6-4-11)15(17,18)19/h3-8,10,21H,1-2H3. The van der Waals surface area contributed by atoms with Crippen molar-refractivity contribution in [3.8, 4) is 0 Å². The molecule has 0 aliphatic heterocycles. The van der Waals surface area contributed by atoms with E-state index in [1.807, 2.05) is 19.9 Å². The van der Waals surface area contributed by atoms with E-state index in [0.717, 1.165) is 33.6 Å². The third kappa shape index (κ3) is 3.97. The number of hydrogen-bond acceptors (Lipinski definition) is 2. The molecular formula is C15H14BrF3N2. The van der Waals surface area contributed by atoms with Crippen LogP contribution >= 0.6 is 15.9 Å². The summed E-state index contributed by atoms with van der Waals surface area (Å²) in [6.07, 6.45) is -2.63. The monoisotopic (exact) mass is 358 g/mol. The van der Waals surface area contributed by atoms with Crippen LogP contribution in [-0.4, -0.2) is 4.98 Å². The van der Waals surface area contributed by atoms with Crippen molar-refractivity contribution < 1.29 is 13.2 Å². The van der Waals surface area contributed by atoms with E-state index in [0.29, 0.717) is 0 Å². The molecule has 1 heterocycles. The maximum absolute atomic E-state index is 12.5. The smallest absolute Gasteiger partial charge is 0.377 e. The molecule has 0 amide bonds. The first kappa shape index (κ1) is 15.8. The van der Waals surface area contributed by atoms with Gasteiger partial charge in [-0.05, 0) is 59.1 Å². The van der Waals surface area contributed by atoms with Gasteiger partial charge in [0, 0.05) is 6.04 Å². The molecule has 0 aliphatic rings. The zero-order chi connectivity index (χ0) is 15.6. The number of nitrogens with zero attached hydrogens (tertiary/aromatic N) is 1. The summed E-state index contributed by atoms with van der Waals surface area (Å²) in [5.74, 6) is 0. The minimum Gasteiger partial charge on any atom is -0.377 e. The van der Waals surface area contributed by atoms with E-state index in [1.165, 1.54) is 12.1 Å². The van der Waals surface area contributed by atoms with Gasteiger partial charge in [0.2, 0.25) is 0 Å². The lowest BCUT2D eigenvalue weighted by Gasteiger charge is -2.17. The summed E-state index contributed by atoms with van der Waals surface area (Å²) < 4.78 is 38.3. The third-order valence-corrected chi connectivity index (χ3v) is 3.97. The fraction of sp³-hybridized carbons (Fsp3) is 0.267. The fourth-order valence-electron chi connectivity index (χ4n) is 1.93. The molecule has 0 spiro atoms. The molecule has 21 heavy (non-hydrogen) atoms. The summed E-state index contributed by atoms with van der Waals surface area (Å²) in [6.45, 7) is 3.81. The molecule has 0 saturated carbocycles. The minimum absolute atomic E-state index is 0.116. The van der Waals surface area contributed by atoms with Crippen molar-refractivity contribution in [2.75, 3.05) is 5.32 Å². The predicted octanol–water partition coefficient (Wildman–Crippen LogP) is 5.34. The summed E-state index contributed by atoms with van der Waals surface area (Å²) in [6, 6.07) is 6.98. The van der Waals surface area contributed by atoms with Gasteiger partial charge in [-0.1, -0.05) is 12.1 Å². The summed E-state index contributed by atoms with van der Waals surface area (Å²) in [7, 11) is 0. The van der Waals surface area contributed by atoms with E-state index >= 15 is 0 Å². The van der Waals surface area contributed by atoms with Gasteiger partial charge in [0.15, 0.2) is 0 Å². The van der Waals surface area contributed by atoms with Gasteiger partial charge in [0.05, 0.1) is 17.4 Å². The van der Waals surface area contributed by atoms with Crippen molar-refractivity contribution in [3.63, 3.8) is 0 Å². The molecule has 2 rings (SSSR count). The van der Waals surface area contributed by atoms with Crippen LogP contribution in [0.15, 0.2) is 41.1 Å². The molecule has 0 bridgehead atoms. The number of pyridine rings is 1. The molecule has 0 fully saturated rings. The Morgan fingerprint density at radius 1 is 1.19 bits per heavy atom. The Morgan fingerprint density at radius 2 is 1.81 bits per heavy atom. The number of rotatable bonds is 3. The molecule has 1 atom stereocenters. The Morgan fingerprint density at radius 3 is 2.33 bits per heavy atom. The Hall–Kier alpha value is -1.56. The predicted molar refractivity (Wildman–Crippen MR) is 80.2 cm³/mol. The highest BCUT2D eigenvalue weighted by molar-refractivity contribution is 9.10. The van der Waals surface area contributed by atoms with Gasteiger partial charge in [-0.25, -0.2) is 4.98 Å². The number of nitrogens with one attached hydrogen (secondary N) is 1. The van der Waals surface area contributed by atoms with E-state index in [9.17, 15) is 13.2 Å². The summed E-state index contributed by atoms with van der Waals surface area (Å²) in [5, 5.41) is 3.22. The normalized spacial score (nSPS) is 13.0. The molecule has 1 aromatic carbocycles. The zero-order valence-electron chi connectivity index (χ0n) is 11.5. The number of anilines is 1. The second-order valence-corrected chi connectivity index (χ2v) is 5.57. The van der Waals surface area contributed by atoms with Gasteiger partial charge in [0.1, 0.15) is 4.60 Å². The zero-order valence-corrected chi connectivity index (χ0v) is 13.1. The van der Waals surface area contributed by atoms with Crippen molar-refractivity contribution >= 4 is 21.6 Å². The van der Waals surface area contributed by atoms with Crippen molar-refractivity contribution in [2.24, 2.45) is 0 Å². The maximum atomic E-state index is 12.5. The van der Waals surface area contributed by atoms with E-state index in [4.69, 9.17) is 0 Å². The quantitative estimate of drug-likeness (QED) is 0.748. The number of aromatic nitrogens is 1. The maximum Gasteiger partial charge on any atom is 0.416 e. The molecule has 0 saturated heterocycles. The molecule has 112 valence electrons. The molecule has 1 N–H and O–H groups in total. The van der Waals surface area contributed by atoms with Gasteiger partial charge in [-0.15, -0.1) is 0 Å². The van der Waals surface area contributed by atoms with Gasteiger partial charge in [-0.2, -0.15) is 13.2 Å². The van der Waals surface area contributed by atoms with Gasteiger partial charge in [0.25, 0.3) is 0 Å². The number of aryl methyl sites for hydroxylation is 1. The minimum atomic E-state index is -4.30. The highest BCUT2D eigenvalue weighted by atomic mass is 79.9. The van der Waals surface area contributed by atoms with Crippen molar-refractivity contribution in [3.05, 3.63) is 57.8 Å². The summed E-state index contributed by atoms with van der Waals surface area (Å²) in [4.78, 5) is 4.18. The molecule has 2 aromatic rings. The second kappa shape index (κ2) is 6.05. The Balaban J connectivity index is 2.13. The van der Waals surface area contributed by atoms with Crippen LogP contribution in [0.5, 0.6) is 0 Å². The Bertz CT molecular complexity index is 624. The summed E-state index contributed by atoms with van der Waals surface area (Å²) >= 11 is 3.32. The highest BCUT2D eigenvalue weighted by Crippen LogP contribution is 2.30. The first-order valence-corrected chi connectivity index (χ1v) is 7.12. The number of benzene rings is 1. The van der Waals surface area contributed by atoms with E-state index in [2.05, 4.69) is 26.2 Å². The van der Waals surface area contributed by atoms with Crippen molar-refractivity contribution in [2.45, 2.75) is 26.1 Å². The first-order valence-electron chi connectivity index (χ1n) is 6.33. The van der Waals surface area contributed by atoms with Crippen LogP contribution < -0.4 is 5.32 Å². The molecule has 6 heteroatoms. The number of halogens is 4. The Labute approximate surface area is 129 Å². The molecule has 0 radical (unpaired) electrons. The van der Waals surface area contributed by atoms with Crippen molar-refractivity contribution in [1.82, 2.24) is 4.98 Å². The van der Waals surface area contributed by atoms with Crippen LogP contribution in [0.2, 0.25) is 0 Å². The van der Waals surface area contributed by atoms with Crippen LogP contribution in [0.1, 0.15) is 29.7 Å². The van der Waals surface area contributed by atoms with Gasteiger partial charge in [-0.3, -0.25) is 0 Å². The fourth-order valence-corrected chi connectivity index (χ4v) is 2.15. The summed E-state index contributed by atoms with van der Waals surface area (Å²) in [5.41, 5.74) is 1.95. The molecule has 2 nitrogen and oxygen atoms in total. The van der Waals surface area contributed by atoms with Crippen LogP contribution in [0.3, 0.4) is 0 Å². The van der Waals surface area contributed by atoms with E-state index < -0.39 is 11.7 Å². The average molecular weight is 359 g/mol. The average Bonchev–Trinajstić information content (AvgIpc) is 2.42. The van der Waals surface area contributed by atoms with E-state index in [-0.39, 0.29) is 6.04 Å². The molecule has 1 unspecified atom stereocenters. The number of alkyl halides is 3. The lowest BCUT2D eigenvalue weighted by Crippen LogP contribution is -2.09. The SMILES string of the molecule is Cc1cc(NC(C)c2ccc(C(F)(F)F)cc2)cnc1Br. The lowest BCUT2D eigenvalue weighted by atomic mass is 10.1. The van der Waals surface area contributed by atoms with Crippen LogP contribution in [-0.2, 0) is 6.18 Å². The Kier molecular flexibility index (Phi) is 4.56. The lowest BCUT2D eigenvalue weighted by molar-refractivity contribution is -0.137. The molecule has 0 aliphatic carbocycles. The highest BCUT2D eigenvalue weighted by Gasteiger charge is 2.30. The second-order valence-electron chi connectivity index (χ2n) is 4.82. The topological polar surface area (TPSA) is 24.9 Å². The van der Waals surface area contributed by atoms with Crippen LogP contribution in [0, 0.1) is 6.92 Å². The first-order chi connectivity index (χ1) is 9.77. The van der Waals surface area contributed by atoms with E-state index in [1.54, 1.807) is 6.20 Å². The molecular weight excluding hydrogens is 345 g/mol. The largest absolute Gasteiger partial charge is 0.416 e. The van der Waals surface area contributed by atoms with Gasteiger partial charge < -0.3 is 5.32 Å². The third-order valence-electron chi connectivity index (χ3n) is 3.14.